The van der Waals surface area contributed by atoms with E-state index in [0.717, 1.165) is 5.01 Å². The van der Waals surface area contributed by atoms with Crippen LogP contribution in [0.4, 0.5) is 10.1 Å². The first kappa shape index (κ1) is 13.5. The lowest BCUT2D eigenvalue weighted by atomic mass is 10.2. The van der Waals surface area contributed by atoms with Gasteiger partial charge in [-0.1, -0.05) is 17.7 Å². The fourth-order valence-corrected chi connectivity index (χ4v) is 1.41. The third-order valence-electron chi connectivity index (χ3n) is 2.32. The second-order valence-corrected chi connectivity index (χ2v) is 3.91. The standard InChI is InChI=1S/C11H13ClFN3O/c1-6(11(14)7(2)17)16(15)9-5-3-4-8(12)10(9)13/h3-5H,14-15H2,1-2H3/b11-6-. The molecule has 1 aromatic rings. The van der Waals surface area contributed by atoms with Crippen LogP contribution in [-0.2, 0) is 4.79 Å². The third-order valence-corrected chi connectivity index (χ3v) is 2.61. The van der Waals surface area contributed by atoms with Gasteiger partial charge in [0.25, 0.3) is 0 Å². The van der Waals surface area contributed by atoms with Crippen molar-refractivity contribution >= 4 is 23.1 Å². The molecule has 0 heterocycles. The number of benzene rings is 1. The lowest BCUT2D eigenvalue weighted by molar-refractivity contribution is -0.113. The molecule has 0 aliphatic rings. The summed E-state index contributed by atoms with van der Waals surface area (Å²) in [5.41, 5.74) is 5.84. The highest BCUT2D eigenvalue weighted by Crippen LogP contribution is 2.26. The van der Waals surface area contributed by atoms with Gasteiger partial charge in [0.15, 0.2) is 11.6 Å². The molecule has 0 saturated heterocycles. The largest absolute Gasteiger partial charge is 0.394 e. The van der Waals surface area contributed by atoms with Crippen LogP contribution in [0, 0.1) is 5.82 Å². The van der Waals surface area contributed by atoms with Crippen LogP contribution in [0.25, 0.3) is 0 Å². The average Bonchev–Trinajstić information content (AvgIpc) is 2.29. The lowest BCUT2D eigenvalue weighted by Gasteiger charge is -2.21. The highest BCUT2D eigenvalue weighted by molar-refractivity contribution is 6.31. The summed E-state index contributed by atoms with van der Waals surface area (Å²) in [6.45, 7) is 2.83. The van der Waals surface area contributed by atoms with Crippen molar-refractivity contribution in [3.8, 4) is 0 Å². The fourth-order valence-electron chi connectivity index (χ4n) is 1.24. The lowest BCUT2D eigenvalue weighted by Crippen LogP contribution is -2.33. The number of hydrogen-bond acceptors (Lipinski definition) is 4. The SMILES string of the molecule is CC(=O)/C(N)=C(\C)N(N)c1cccc(Cl)c1F. The number of anilines is 1. The Morgan fingerprint density at radius 1 is 1.41 bits per heavy atom. The number of nitrogens with two attached hydrogens (primary N) is 2. The second-order valence-electron chi connectivity index (χ2n) is 3.50. The van der Waals surface area contributed by atoms with Crippen molar-refractivity contribution in [2.24, 2.45) is 11.6 Å². The molecule has 0 bridgehead atoms. The predicted octanol–water partition coefficient (Wildman–Crippen LogP) is 1.94. The normalized spacial score (nSPS) is 12.1. The van der Waals surface area contributed by atoms with E-state index in [9.17, 15) is 9.18 Å². The number of carbonyl (C=O) groups is 1. The maximum atomic E-state index is 13.7. The molecule has 17 heavy (non-hydrogen) atoms. The minimum absolute atomic E-state index is 0.0214. The smallest absolute Gasteiger partial charge is 0.177 e. The highest BCUT2D eigenvalue weighted by atomic mass is 35.5. The molecule has 0 aliphatic heterocycles. The van der Waals surface area contributed by atoms with Gasteiger partial charge >= 0.3 is 0 Å². The average molecular weight is 258 g/mol. The zero-order valence-electron chi connectivity index (χ0n) is 9.50. The number of Topliss-reactive ketones (excluding diaryl/α,β-unsaturated/α-hetero) is 1. The van der Waals surface area contributed by atoms with Crippen molar-refractivity contribution in [2.75, 3.05) is 5.01 Å². The molecule has 0 radical (unpaired) electrons. The fraction of sp³-hybridized carbons (Fsp3) is 0.182. The Labute approximate surface area is 104 Å². The van der Waals surface area contributed by atoms with Gasteiger partial charge in [0.05, 0.1) is 22.1 Å². The molecule has 0 aliphatic carbocycles. The maximum absolute atomic E-state index is 13.7. The number of hydrogen-bond donors (Lipinski definition) is 2. The monoisotopic (exact) mass is 257 g/mol. The molecule has 92 valence electrons. The molecule has 0 saturated carbocycles. The molecule has 0 atom stereocenters. The van der Waals surface area contributed by atoms with Gasteiger partial charge in [-0.3, -0.25) is 9.80 Å². The summed E-state index contributed by atoms with van der Waals surface area (Å²) >= 11 is 5.63. The summed E-state index contributed by atoms with van der Waals surface area (Å²) in [7, 11) is 0. The highest BCUT2D eigenvalue weighted by Gasteiger charge is 2.15. The number of hydrazine groups is 1. The first-order valence-electron chi connectivity index (χ1n) is 4.82. The van der Waals surface area contributed by atoms with E-state index in [1.54, 1.807) is 6.07 Å². The zero-order valence-corrected chi connectivity index (χ0v) is 10.3. The van der Waals surface area contributed by atoms with E-state index in [0.29, 0.717) is 0 Å². The van der Waals surface area contributed by atoms with Crippen molar-refractivity contribution in [2.45, 2.75) is 13.8 Å². The topological polar surface area (TPSA) is 72.4 Å². The van der Waals surface area contributed by atoms with Crippen molar-refractivity contribution in [3.05, 3.63) is 40.4 Å². The van der Waals surface area contributed by atoms with E-state index in [1.807, 2.05) is 0 Å². The van der Waals surface area contributed by atoms with E-state index in [-0.39, 0.29) is 27.9 Å². The number of carbonyl (C=O) groups excluding carboxylic acids is 1. The number of rotatable bonds is 3. The van der Waals surface area contributed by atoms with Crippen LogP contribution < -0.4 is 16.6 Å². The van der Waals surface area contributed by atoms with Gasteiger partial charge in [0.1, 0.15) is 0 Å². The van der Waals surface area contributed by atoms with Gasteiger partial charge in [-0.15, -0.1) is 0 Å². The number of allylic oxidation sites excluding steroid dienone is 2. The molecule has 0 amide bonds. The van der Waals surface area contributed by atoms with Crippen LogP contribution in [0.1, 0.15) is 13.8 Å². The molecule has 0 unspecified atom stereocenters. The molecule has 0 aromatic heterocycles. The molecular formula is C11H13ClFN3O. The molecule has 1 aromatic carbocycles. The van der Waals surface area contributed by atoms with Gasteiger partial charge in [0.2, 0.25) is 0 Å². The van der Waals surface area contributed by atoms with E-state index < -0.39 is 5.82 Å². The number of ketones is 1. The summed E-state index contributed by atoms with van der Waals surface area (Å²) < 4.78 is 13.7. The minimum atomic E-state index is -0.660. The van der Waals surface area contributed by atoms with Crippen LogP contribution >= 0.6 is 11.6 Å². The Balaban J connectivity index is 3.22. The van der Waals surface area contributed by atoms with Gasteiger partial charge in [-0.05, 0) is 19.1 Å². The zero-order chi connectivity index (χ0) is 13.2. The first-order chi connectivity index (χ1) is 7.86. The first-order valence-corrected chi connectivity index (χ1v) is 5.20. The summed E-state index contributed by atoms with van der Waals surface area (Å²) in [6.07, 6.45) is 0. The van der Waals surface area contributed by atoms with Gasteiger partial charge in [-0.25, -0.2) is 10.2 Å². The molecule has 1 rings (SSSR count). The summed E-state index contributed by atoms with van der Waals surface area (Å²) in [5.74, 6) is 4.70. The Hall–Kier alpha value is -1.59. The molecule has 6 heteroatoms. The number of nitrogens with zero attached hydrogens (tertiary/aromatic N) is 1. The van der Waals surface area contributed by atoms with Crippen LogP contribution in [-0.4, -0.2) is 5.78 Å². The second kappa shape index (κ2) is 5.16. The Bertz CT molecular complexity index is 488. The van der Waals surface area contributed by atoms with E-state index in [4.69, 9.17) is 23.2 Å². The van der Waals surface area contributed by atoms with Crippen molar-refractivity contribution < 1.29 is 9.18 Å². The minimum Gasteiger partial charge on any atom is -0.394 e. The predicted molar refractivity (Wildman–Crippen MR) is 65.6 cm³/mol. The van der Waals surface area contributed by atoms with Crippen molar-refractivity contribution in [3.63, 3.8) is 0 Å². The summed E-state index contributed by atoms with van der Waals surface area (Å²) in [5, 5.41) is 0.949. The van der Waals surface area contributed by atoms with Crippen LogP contribution in [0.2, 0.25) is 5.02 Å². The van der Waals surface area contributed by atoms with Crippen LogP contribution in [0.15, 0.2) is 29.6 Å². The van der Waals surface area contributed by atoms with E-state index in [2.05, 4.69) is 0 Å². The van der Waals surface area contributed by atoms with Gasteiger partial charge in [-0.2, -0.15) is 0 Å². The summed E-state index contributed by atoms with van der Waals surface area (Å²) in [4.78, 5) is 11.1. The summed E-state index contributed by atoms with van der Waals surface area (Å²) in [6, 6.07) is 4.40. The van der Waals surface area contributed by atoms with Crippen LogP contribution in [0.3, 0.4) is 0 Å². The molecule has 0 spiro atoms. The Morgan fingerprint density at radius 3 is 2.53 bits per heavy atom. The van der Waals surface area contributed by atoms with E-state index in [1.165, 1.54) is 26.0 Å². The van der Waals surface area contributed by atoms with Gasteiger partial charge < -0.3 is 5.73 Å². The van der Waals surface area contributed by atoms with Crippen LogP contribution in [0.5, 0.6) is 0 Å². The van der Waals surface area contributed by atoms with Crippen molar-refractivity contribution in [1.29, 1.82) is 0 Å². The quantitative estimate of drug-likeness (QED) is 0.493. The van der Waals surface area contributed by atoms with Gasteiger partial charge in [0, 0.05) is 6.92 Å². The Kier molecular flexibility index (Phi) is 4.09. The molecule has 0 fully saturated rings. The third kappa shape index (κ3) is 2.75. The van der Waals surface area contributed by atoms with Crippen molar-refractivity contribution in [1.82, 2.24) is 0 Å². The molecule has 4 N–H and O–H groups in total. The van der Waals surface area contributed by atoms with E-state index >= 15 is 0 Å². The Morgan fingerprint density at radius 2 is 2.00 bits per heavy atom. The molecular weight excluding hydrogens is 245 g/mol. The number of halogens is 2. The molecule has 4 nitrogen and oxygen atoms in total. The maximum Gasteiger partial charge on any atom is 0.177 e.